The maximum absolute atomic E-state index is 11.8. The zero-order valence-corrected chi connectivity index (χ0v) is 9.96. The highest BCUT2D eigenvalue weighted by atomic mass is 16.5. The predicted octanol–water partition coefficient (Wildman–Crippen LogP) is 1.23. The molecule has 1 aliphatic carbocycles. The van der Waals surface area contributed by atoms with Crippen LogP contribution in [-0.4, -0.2) is 33.3 Å². The Balaban J connectivity index is 2.29. The van der Waals surface area contributed by atoms with Gasteiger partial charge in [0, 0.05) is 6.42 Å². The van der Waals surface area contributed by atoms with Crippen molar-refractivity contribution in [2.75, 3.05) is 6.61 Å². The normalized spacial score (nSPS) is 23.0. The van der Waals surface area contributed by atoms with Crippen LogP contribution in [-0.2, 0) is 4.74 Å². The zero-order valence-electron chi connectivity index (χ0n) is 9.96. The molecule has 1 heterocycles. The van der Waals surface area contributed by atoms with Crippen LogP contribution in [0.5, 0.6) is 0 Å². The predicted molar refractivity (Wildman–Crippen MR) is 61.7 cm³/mol. The lowest BCUT2D eigenvalue weighted by atomic mass is 10.2. The Morgan fingerprint density at radius 3 is 3.00 bits per heavy atom. The molecule has 0 bridgehead atoms. The molecule has 0 spiro atoms. The number of aryl methyl sites for hydroxylation is 1. The van der Waals surface area contributed by atoms with Gasteiger partial charge in [0.25, 0.3) is 0 Å². The van der Waals surface area contributed by atoms with Crippen LogP contribution in [0.3, 0.4) is 0 Å². The van der Waals surface area contributed by atoms with E-state index in [1.54, 1.807) is 30.8 Å². The summed E-state index contributed by atoms with van der Waals surface area (Å²) in [7, 11) is 0. The number of carbonyl (C=O) groups excluding carboxylic acids is 1. The second kappa shape index (κ2) is 4.71. The molecule has 17 heavy (non-hydrogen) atoms. The molecule has 0 amide bonds. The van der Waals surface area contributed by atoms with Crippen molar-refractivity contribution in [3.05, 3.63) is 29.9 Å². The first-order valence-corrected chi connectivity index (χ1v) is 5.70. The van der Waals surface area contributed by atoms with Gasteiger partial charge < -0.3 is 14.4 Å². The minimum absolute atomic E-state index is 0.0226. The molecule has 0 unspecified atom stereocenters. The third kappa shape index (κ3) is 2.24. The van der Waals surface area contributed by atoms with Crippen molar-refractivity contribution >= 4 is 5.97 Å². The van der Waals surface area contributed by atoms with Gasteiger partial charge in [-0.15, -0.1) is 0 Å². The maximum atomic E-state index is 11.8. The van der Waals surface area contributed by atoms with Crippen LogP contribution in [0.15, 0.2) is 18.5 Å². The number of esters is 1. The molecule has 0 aromatic carbocycles. The van der Waals surface area contributed by atoms with E-state index in [4.69, 9.17) is 4.74 Å². The summed E-state index contributed by atoms with van der Waals surface area (Å²) in [4.78, 5) is 16.0. The van der Waals surface area contributed by atoms with Crippen molar-refractivity contribution in [1.82, 2.24) is 9.55 Å². The highest BCUT2D eigenvalue weighted by Crippen LogP contribution is 2.25. The number of aromatic nitrogens is 2. The van der Waals surface area contributed by atoms with Crippen molar-refractivity contribution in [2.24, 2.45) is 0 Å². The van der Waals surface area contributed by atoms with Gasteiger partial charge in [-0.1, -0.05) is 12.2 Å². The quantitative estimate of drug-likeness (QED) is 0.633. The van der Waals surface area contributed by atoms with Crippen LogP contribution < -0.4 is 0 Å². The Hall–Kier alpha value is -1.62. The zero-order chi connectivity index (χ0) is 12.4. The molecular formula is C12H16N2O3. The lowest BCUT2D eigenvalue weighted by Gasteiger charge is -2.14. The van der Waals surface area contributed by atoms with Gasteiger partial charge in [-0.2, -0.15) is 0 Å². The molecule has 92 valence electrons. The summed E-state index contributed by atoms with van der Waals surface area (Å²) in [5, 5.41) is 9.46. The Kier molecular flexibility index (Phi) is 3.28. The Morgan fingerprint density at radius 1 is 1.65 bits per heavy atom. The summed E-state index contributed by atoms with van der Waals surface area (Å²) in [6, 6.07) is -0.0226. The standard InChI is InChI=1S/C12H16N2O3/c1-3-17-12(16)11-8(2)13-7-14(11)9-4-5-10(15)6-9/h4-5,7,9-10,15H,3,6H2,1-2H3/t9-,10-/m1/s1. The molecule has 5 nitrogen and oxygen atoms in total. The van der Waals surface area contributed by atoms with Gasteiger partial charge in [-0.25, -0.2) is 9.78 Å². The summed E-state index contributed by atoms with van der Waals surface area (Å²) in [6.07, 6.45) is 5.36. The molecule has 1 aromatic rings. The molecule has 0 aliphatic heterocycles. The fraction of sp³-hybridized carbons (Fsp3) is 0.500. The monoisotopic (exact) mass is 236 g/mol. The highest BCUT2D eigenvalue weighted by molar-refractivity contribution is 5.88. The van der Waals surface area contributed by atoms with Crippen LogP contribution in [0.2, 0.25) is 0 Å². The van der Waals surface area contributed by atoms with Crippen LogP contribution >= 0.6 is 0 Å². The first-order chi connectivity index (χ1) is 8.13. The van der Waals surface area contributed by atoms with Crippen LogP contribution in [0.1, 0.15) is 35.6 Å². The summed E-state index contributed by atoms with van der Waals surface area (Å²) in [5.41, 5.74) is 1.12. The minimum Gasteiger partial charge on any atom is -0.461 e. The summed E-state index contributed by atoms with van der Waals surface area (Å²) < 4.78 is 6.77. The number of aliphatic hydroxyl groups excluding tert-OH is 1. The van der Waals surface area contributed by atoms with E-state index >= 15 is 0 Å². The maximum Gasteiger partial charge on any atom is 0.356 e. The number of aliphatic hydroxyl groups is 1. The van der Waals surface area contributed by atoms with Crippen molar-refractivity contribution in [1.29, 1.82) is 0 Å². The van der Waals surface area contributed by atoms with E-state index < -0.39 is 6.10 Å². The van der Waals surface area contributed by atoms with Gasteiger partial charge in [0.2, 0.25) is 0 Å². The number of imidazole rings is 1. The number of hydrogen-bond donors (Lipinski definition) is 1. The van der Waals surface area contributed by atoms with Gasteiger partial charge >= 0.3 is 5.97 Å². The van der Waals surface area contributed by atoms with Gasteiger partial charge in [0.15, 0.2) is 5.69 Å². The van der Waals surface area contributed by atoms with Crippen molar-refractivity contribution in [3.8, 4) is 0 Å². The average molecular weight is 236 g/mol. The number of nitrogens with zero attached hydrogens (tertiary/aromatic N) is 2. The lowest BCUT2D eigenvalue weighted by molar-refractivity contribution is 0.0510. The molecule has 5 heteroatoms. The molecule has 2 rings (SSSR count). The van der Waals surface area contributed by atoms with Crippen LogP contribution in [0, 0.1) is 6.92 Å². The number of ether oxygens (including phenoxy) is 1. The van der Waals surface area contributed by atoms with Crippen molar-refractivity contribution in [2.45, 2.75) is 32.4 Å². The van der Waals surface area contributed by atoms with E-state index in [2.05, 4.69) is 4.98 Å². The molecule has 1 aliphatic rings. The third-order valence-electron chi connectivity index (χ3n) is 2.84. The lowest BCUT2D eigenvalue weighted by Crippen LogP contribution is -2.16. The molecule has 0 fully saturated rings. The van der Waals surface area contributed by atoms with Crippen molar-refractivity contribution in [3.63, 3.8) is 0 Å². The molecule has 0 saturated carbocycles. The van der Waals surface area contributed by atoms with E-state index in [0.717, 1.165) is 0 Å². The largest absolute Gasteiger partial charge is 0.461 e. The third-order valence-corrected chi connectivity index (χ3v) is 2.84. The Morgan fingerprint density at radius 2 is 2.41 bits per heavy atom. The molecule has 1 N–H and O–H groups in total. The fourth-order valence-corrected chi connectivity index (χ4v) is 2.03. The van der Waals surface area contributed by atoms with Gasteiger partial charge in [0.1, 0.15) is 0 Å². The summed E-state index contributed by atoms with van der Waals surface area (Å²) in [5.74, 6) is -0.364. The smallest absolute Gasteiger partial charge is 0.356 e. The van der Waals surface area contributed by atoms with E-state index in [1.165, 1.54) is 0 Å². The number of hydrogen-bond acceptors (Lipinski definition) is 4. The Bertz CT molecular complexity index is 451. The van der Waals surface area contributed by atoms with E-state index in [1.807, 2.05) is 6.08 Å². The molecule has 0 saturated heterocycles. The van der Waals surface area contributed by atoms with Gasteiger partial charge in [-0.05, 0) is 13.8 Å². The van der Waals surface area contributed by atoms with Crippen LogP contribution in [0.25, 0.3) is 0 Å². The first kappa shape index (κ1) is 11.9. The van der Waals surface area contributed by atoms with Crippen molar-refractivity contribution < 1.29 is 14.6 Å². The topological polar surface area (TPSA) is 64.3 Å². The second-order valence-corrected chi connectivity index (χ2v) is 4.06. The molecule has 2 atom stereocenters. The highest BCUT2D eigenvalue weighted by Gasteiger charge is 2.25. The van der Waals surface area contributed by atoms with E-state index in [0.29, 0.717) is 24.4 Å². The molecule has 0 radical (unpaired) electrons. The average Bonchev–Trinajstić information content (AvgIpc) is 2.85. The summed E-state index contributed by atoms with van der Waals surface area (Å²) in [6.45, 7) is 3.89. The number of allylic oxidation sites excluding steroid dienone is 1. The number of carbonyl (C=O) groups is 1. The van der Waals surface area contributed by atoms with Gasteiger partial charge in [0.05, 0.1) is 30.8 Å². The van der Waals surface area contributed by atoms with Crippen LogP contribution in [0.4, 0.5) is 0 Å². The fourth-order valence-electron chi connectivity index (χ4n) is 2.03. The summed E-state index contributed by atoms with van der Waals surface area (Å²) >= 11 is 0. The molecule has 1 aromatic heterocycles. The van der Waals surface area contributed by atoms with E-state index in [9.17, 15) is 9.90 Å². The number of rotatable bonds is 3. The van der Waals surface area contributed by atoms with Gasteiger partial charge in [-0.3, -0.25) is 0 Å². The SMILES string of the molecule is CCOC(=O)c1c(C)ncn1[C@@H]1C=C[C@@H](O)C1. The first-order valence-electron chi connectivity index (χ1n) is 5.70. The second-order valence-electron chi connectivity index (χ2n) is 4.06. The Labute approximate surface area is 99.7 Å². The molecular weight excluding hydrogens is 220 g/mol. The van der Waals surface area contributed by atoms with E-state index in [-0.39, 0.29) is 12.0 Å². The minimum atomic E-state index is -0.447.